The molecule has 0 radical (unpaired) electrons. The quantitative estimate of drug-likeness (QED) is 0.577. The first-order valence-electron chi connectivity index (χ1n) is 5.88. The van der Waals surface area contributed by atoms with Crippen molar-refractivity contribution in [3.8, 4) is 6.01 Å². The molecule has 1 aromatic rings. The number of amides is 1. The molecule has 0 fully saturated rings. The van der Waals surface area contributed by atoms with Crippen LogP contribution in [0.5, 0.6) is 6.01 Å². The number of carbonyl (C=O) groups is 1. The van der Waals surface area contributed by atoms with Crippen LogP contribution in [-0.4, -0.2) is 51.8 Å². The number of imidazole rings is 1. The predicted molar refractivity (Wildman–Crippen MR) is 63.0 cm³/mol. The van der Waals surface area contributed by atoms with Gasteiger partial charge in [0.15, 0.2) is 0 Å². The van der Waals surface area contributed by atoms with Gasteiger partial charge in [-0.15, -0.1) is 0 Å². The zero-order chi connectivity index (χ0) is 13.8. The van der Waals surface area contributed by atoms with Crippen LogP contribution in [0, 0.1) is 10.1 Å². The second kappa shape index (κ2) is 5.55. The molecule has 1 amide bonds. The normalized spacial score (nSPS) is 14.9. The average molecular weight is 270 g/mol. The van der Waals surface area contributed by atoms with Crippen molar-refractivity contribution in [3.05, 3.63) is 16.3 Å². The van der Waals surface area contributed by atoms with Gasteiger partial charge in [-0.3, -0.25) is 4.57 Å². The van der Waals surface area contributed by atoms with E-state index in [9.17, 15) is 14.9 Å². The van der Waals surface area contributed by atoms with E-state index in [0.717, 1.165) is 0 Å². The summed E-state index contributed by atoms with van der Waals surface area (Å²) >= 11 is 0. The molecule has 2 rings (SSSR count). The van der Waals surface area contributed by atoms with Crippen LogP contribution >= 0.6 is 0 Å². The topological polar surface area (TPSA) is 99.7 Å². The van der Waals surface area contributed by atoms with Crippen LogP contribution in [0.25, 0.3) is 0 Å². The first-order valence-corrected chi connectivity index (χ1v) is 5.88. The number of hydrogen-bond acceptors (Lipinski definition) is 6. The Hall–Kier alpha value is -2.32. The number of rotatable bonds is 2. The van der Waals surface area contributed by atoms with Gasteiger partial charge in [0.2, 0.25) is 0 Å². The van der Waals surface area contributed by atoms with Crippen molar-refractivity contribution in [2.45, 2.75) is 13.5 Å². The van der Waals surface area contributed by atoms with E-state index in [1.54, 1.807) is 6.92 Å². The molecule has 9 nitrogen and oxygen atoms in total. The van der Waals surface area contributed by atoms with E-state index in [2.05, 4.69) is 4.98 Å². The molecule has 0 unspecified atom stereocenters. The highest BCUT2D eigenvalue weighted by atomic mass is 16.6. The fourth-order valence-corrected chi connectivity index (χ4v) is 1.73. The van der Waals surface area contributed by atoms with Gasteiger partial charge < -0.3 is 24.5 Å². The molecule has 104 valence electrons. The minimum atomic E-state index is -0.579. The third-order valence-corrected chi connectivity index (χ3v) is 2.64. The molecule has 0 N–H and O–H groups in total. The predicted octanol–water partition coefficient (Wildman–Crippen LogP) is 0.642. The molecule has 0 atom stereocenters. The van der Waals surface area contributed by atoms with Crippen LogP contribution < -0.4 is 4.74 Å². The van der Waals surface area contributed by atoms with Crippen molar-refractivity contribution in [1.29, 1.82) is 0 Å². The van der Waals surface area contributed by atoms with Crippen molar-refractivity contribution < 1.29 is 19.2 Å². The van der Waals surface area contributed by atoms with Crippen LogP contribution in [-0.2, 0) is 11.3 Å². The summed E-state index contributed by atoms with van der Waals surface area (Å²) in [6, 6.07) is 0.204. The summed E-state index contributed by atoms with van der Waals surface area (Å²) in [5.74, 6) is -0.264. The lowest BCUT2D eigenvalue weighted by Crippen LogP contribution is -2.39. The Morgan fingerprint density at radius 3 is 3.05 bits per heavy atom. The lowest BCUT2D eigenvalue weighted by molar-refractivity contribution is -0.389. The number of ether oxygens (including phenoxy) is 2. The maximum Gasteiger partial charge on any atom is 0.414 e. The summed E-state index contributed by atoms with van der Waals surface area (Å²) in [6.07, 6.45) is 0.883. The fraction of sp³-hybridized carbons (Fsp3) is 0.600. The van der Waals surface area contributed by atoms with Gasteiger partial charge in [-0.1, -0.05) is 0 Å². The number of aromatic nitrogens is 2. The van der Waals surface area contributed by atoms with E-state index < -0.39 is 11.0 Å². The molecular weight excluding hydrogens is 256 g/mol. The largest absolute Gasteiger partial charge is 0.450 e. The Morgan fingerprint density at radius 2 is 2.37 bits per heavy atom. The minimum Gasteiger partial charge on any atom is -0.450 e. The van der Waals surface area contributed by atoms with Crippen LogP contribution in [0.4, 0.5) is 10.6 Å². The second-order valence-corrected chi connectivity index (χ2v) is 3.87. The third kappa shape index (κ3) is 2.92. The SMILES string of the molecule is CCOC(=O)N1CCOc2nc([N+](=O)[O-])cn2CC1. The smallest absolute Gasteiger partial charge is 0.414 e. The molecular formula is C10H14N4O5. The number of nitrogens with zero attached hydrogens (tertiary/aromatic N) is 4. The lowest BCUT2D eigenvalue weighted by atomic mass is 10.4. The lowest BCUT2D eigenvalue weighted by Gasteiger charge is -2.23. The Labute approximate surface area is 108 Å². The monoisotopic (exact) mass is 270 g/mol. The summed E-state index contributed by atoms with van der Waals surface area (Å²) < 4.78 is 11.7. The van der Waals surface area contributed by atoms with Crippen LogP contribution in [0.15, 0.2) is 6.20 Å². The molecule has 9 heteroatoms. The molecule has 0 saturated carbocycles. The fourth-order valence-electron chi connectivity index (χ4n) is 1.73. The van der Waals surface area contributed by atoms with Gasteiger partial charge in [0.1, 0.15) is 12.8 Å². The van der Waals surface area contributed by atoms with Crippen molar-refractivity contribution in [2.75, 3.05) is 26.3 Å². The molecule has 1 aliphatic heterocycles. The van der Waals surface area contributed by atoms with E-state index in [-0.39, 0.29) is 18.4 Å². The van der Waals surface area contributed by atoms with Crippen molar-refractivity contribution in [2.24, 2.45) is 0 Å². The molecule has 1 aromatic heterocycles. The molecule has 19 heavy (non-hydrogen) atoms. The zero-order valence-electron chi connectivity index (χ0n) is 10.4. The highest BCUT2D eigenvalue weighted by molar-refractivity contribution is 5.67. The van der Waals surface area contributed by atoms with Crippen LogP contribution in [0.1, 0.15) is 6.92 Å². The van der Waals surface area contributed by atoms with Gasteiger partial charge in [0, 0.05) is 18.1 Å². The van der Waals surface area contributed by atoms with Gasteiger partial charge in [-0.25, -0.2) is 4.79 Å². The standard InChI is InChI=1S/C10H14N4O5/c1-2-18-10(15)12-3-4-13-7-8(14(16)17)11-9(13)19-6-5-12/h7H,2-6H2,1H3. The molecule has 1 aliphatic rings. The average Bonchev–Trinajstić information content (AvgIpc) is 2.72. The van der Waals surface area contributed by atoms with Gasteiger partial charge in [0.05, 0.1) is 13.2 Å². The summed E-state index contributed by atoms with van der Waals surface area (Å²) in [5, 5.41) is 10.6. The first-order chi connectivity index (χ1) is 9.11. The van der Waals surface area contributed by atoms with Crippen LogP contribution in [0.2, 0.25) is 0 Å². The number of carbonyl (C=O) groups excluding carboxylic acids is 1. The molecule has 0 aromatic carbocycles. The minimum absolute atomic E-state index is 0.204. The Morgan fingerprint density at radius 1 is 1.58 bits per heavy atom. The van der Waals surface area contributed by atoms with Crippen molar-refractivity contribution >= 4 is 11.9 Å². The van der Waals surface area contributed by atoms with Gasteiger partial charge in [-0.2, -0.15) is 0 Å². The third-order valence-electron chi connectivity index (χ3n) is 2.64. The van der Waals surface area contributed by atoms with E-state index >= 15 is 0 Å². The molecule has 2 heterocycles. The van der Waals surface area contributed by atoms with Gasteiger partial charge in [-0.05, 0) is 11.8 Å². The zero-order valence-corrected chi connectivity index (χ0v) is 10.4. The van der Waals surface area contributed by atoms with Crippen LogP contribution in [0.3, 0.4) is 0 Å². The van der Waals surface area contributed by atoms with E-state index in [0.29, 0.717) is 26.2 Å². The molecule has 0 saturated heterocycles. The van der Waals surface area contributed by atoms with E-state index in [4.69, 9.17) is 9.47 Å². The molecule has 0 spiro atoms. The molecule has 0 bridgehead atoms. The van der Waals surface area contributed by atoms with Gasteiger partial charge in [0.25, 0.3) is 0 Å². The van der Waals surface area contributed by atoms with E-state index in [1.807, 2.05) is 0 Å². The summed E-state index contributed by atoms with van der Waals surface area (Å²) in [7, 11) is 0. The first kappa shape index (κ1) is 13.1. The summed E-state index contributed by atoms with van der Waals surface area (Å²) in [5.41, 5.74) is 0. The van der Waals surface area contributed by atoms with Crippen molar-refractivity contribution in [3.63, 3.8) is 0 Å². The maximum atomic E-state index is 11.6. The maximum absolute atomic E-state index is 11.6. The highest BCUT2D eigenvalue weighted by Gasteiger charge is 2.24. The Kier molecular flexibility index (Phi) is 3.83. The van der Waals surface area contributed by atoms with Crippen molar-refractivity contribution in [1.82, 2.24) is 14.5 Å². The summed E-state index contributed by atoms with van der Waals surface area (Å²) in [6.45, 7) is 3.37. The highest BCUT2D eigenvalue weighted by Crippen LogP contribution is 2.18. The summed E-state index contributed by atoms with van der Waals surface area (Å²) in [4.78, 5) is 26.9. The van der Waals surface area contributed by atoms with Gasteiger partial charge >= 0.3 is 17.9 Å². The second-order valence-electron chi connectivity index (χ2n) is 3.87. The number of fused-ring (bicyclic) bond motifs is 1. The molecule has 0 aliphatic carbocycles. The number of hydrogen-bond donors (Lipinski definition) is 0. The Bertz CT molecular complexity index is 486. The van der Waals surface area contributed by atoms with E-state index in [1.165, 1.54) is 15.7 Å². The number of nitro groups is 1. The Balaban J connectivity index is 2.09.